The largest absolute Gasteiger partial charge is 0.316 e. The van der Waals surface area contributed by atoms with E-state index >= 15 is 0 Å². The Morgan fingerprint density at radius 2 is 2.10 bits per heavy atom. The van der Waals surface area contributed by atoms with Crippen LogP contribution in [-0.2, 0) is 6.42 Å². The fourth-order valence-electron chi connectivity index (χ4n) is 2.88. The maximum Gasteiger partial charge on any atom is 0.124 e. The first-order valence-corrected chi connectivity index (χ1v) is 7.93. The summed E-state index contributed by atoms with van der Waals surface area (Å²) in [5, 5.41) is 4.14. The van der Waals surface area contributed by atoms with E-state index in [9.17, 15) is 4.39 Å². The highest BCUT2D eigenvalue weighted by molar-refractivity contribution is 6.31. The van der Waals surface area contributed by atoms with Crippen LogP contribution in [0.1, 0.15) is 39.2 Å². The summed E-state index contributed by atoms with van der Waals surface area (Å²) in [5.41, 5.74) is 1.28. The molecule has 0 heterocycles. The molecule has 1 fully saturated rings. The van der Waals surface area contributed by atoms with Gasteiger partial charge in [-0.2, -0.15) is 0 Å². The molecule has 1 aliphatic carbocycles. The highest BCUT2D eigenvalue weighted by Gasteiger charge is 2.41. The summed E-state index contributed by atoms with van der Waals surface area (Å²) in [4.78, 5) is 0. The number of hydrogen-bond donors (Lipinski definition) is 1. The summed E-state index contributed by atoms with van der Waals surface area (Å²) in [6.07, 6.45) is 3.53. The molecule has 1 aromatic rings. The Hall–Kier alpha value is -0.600. The van der Waals surface area contributed by atoms with Crippen LogP contribution in [0.15, 0.2) is 18.2 Å². The van der Waals surface area contributed by atoms with Crippen molar-refractivity contribution in [3.8, 4) is 0 Å². The molecular weight excluding hydrogens is 273 g/mol. The summed E-state index contributed by atoms with van der Waals surface area (Å²) in [6.45, 7) is 8.82. The molecule has 0 radical (unpaired) electrons. The average molecular weight is 298 g/mol. The van der Waals surface area contributed by atoms with E-state index in [1.807, 2.05) is 6.07 Å². The van der Waals surface area contributed by atoms with Crippen LogP contribution in [0.25, 0.3) is 0 Å². The lowest BCUT2D eigenvalue weighted by Gasteiger charge is -2.31. The van der Waals surface area contributed by atoms with Crippen molar-refractivity contribution in [3.63, 3.8) is 0 Å². The molecule has 1 aromatic carbocycles. The third-order valence-electron chi connectivity index (χ3n) is 4.25. The minimum Gasteiger partial charge on any atom is -0.316 e. The van der Waals surface area contributed by atoms with Crippen LogP contribution in [0.4, 0.5) is 4.39 Å². The summed E-state index contributed by atoms with van der Waals surface area (Å²) in [7, 11) is 0. The van der Waals surface area contributed by atoms with E-state index < -0.39 is 0 Å². The molecule has 0 saturated heterocycles. The smallest absolute Gasteiger partial charge is 0.124 e. The molecule has 0 aromatic heterocycles. The number of benzene rings is 1. The molecule has 2 rings (SSSR count). The van der Waals surface area contributed by atoms with Gasteiger partial charge in [-0.15, -0.1) is 0 Å². The molecular formula is C17H25ClFN. The van der Waals surface area contributed by atoms with Gasteiger partial charge >= 0.3 is 0 Å². The van der Waals surface area contributed by atoms with Gasteiger partial charge in [-0.3, -0.25) is 0 Å². The molecule has 1 unspecified atom stereocenters. The highest BCUT2D eigenvalue weighted by atomic mass is 35.5. The van der Waals surface area contributed by atoms with Gasteiger partial charge in [-0.1, -0.05) is 38.4 Å². The van der Waals surface area contributed by atoms with Crippen molar-refractivity contribution in [2.75, 3.05) is 13.1 Å². The Balaban J connectivity index is 2.04. The quantitative estimate of drug-likeness (QED) is 0.770. The zero-order chi connectivity index (χ0) is 14.8. The van der Waals surface area contributed by atoms with Gasteiger partial charge in [0.1, 0.15) is 5.82 Å². The standard InChI is InChI=1S/C17H25ClFN/c1-12(2)10-20-11-17(3,14-5-6-14)9-13-4-7-15(19)8-16(13)18/h4,7-8,12,14,20H,5-6,9-11H2,1-3H3. The van der Waals surface area contributed by atoms with E-state index in [-0.39, 0.29) is 11.2 Å². The molecule has 0 spiro atoms. The number of nitrogens with one attached hydrogen (secondary N) is 1. The zero-order valence-corrected chi connectivity index (χ0v) is 13.4. The molecule has 0 amide bonds. The molecule has 1 N–H and O–H groups in total. The van der Waals surface area contributed by atoms with Crippen molar-refractivity contribution < 1.29 is 4.39 Å². The first-order valence-electron chi connectivity index (χ1n) is 7.55. The maximum atomic E-state index is 13.1. The van der Waals surface area contributed by atoms with Crippen molar-refractivity contribution in [3.05, 3.63) is 34.6 Å². The Labute approximate surface area is 126 Å². The third kappa shape index (κ3) is 4.20. The van der Waals surface area contributed by atoms with E-state index in [4.69, 9.17) is 11.6 Å². The Bertz CT molecular complexity index is 456. The lowest BCUT2D eigenvalue weighted by atomic mass is 9.78. The van der Waals surface area contributed by atoms with Gasteiger partial charge in [0.2, 0.25) is 0 Å². The van der Waals surface area contributed by atoms with Crippen LogP contribution in [0.5, 0.6) is 0 Å². The van der Waals surface area contributed by atoms with Crippen LogP contribution in [0.3, 0.4) is 0 Å². The SMILES string of the molecule is CC(C)CNCC(C)(Cc1ccc(F)cc1Cl)C1CC1. The normalized spacial score (nSPS) is 18.3. The minimum absolute atomic E-state index is 0.219. The molecule has 1 aliphatic rings. The first kappa shape index (κ1) is 15.8. The molecule has 112 valence electrons. The first-order chi connectivity index (χ1) is 9.40. The van der Waals surface area contributed by atoms with E-state index in [0.717, 1.165) is 31.0 Å². The van der Waals surface area contributed by atoms with Crippen molar-refractivity contribution in [1.82, 2.24) is 5.32 Å². The third-order valence-corrected chi connectivity index (χ3v) is 4.61. The van der Waals surface area contributed by atoms with Gasteiger partial charge in [-0.05, 0) is 60.8 Å². The van der Waals surface area contributed by atoms with Crippen LogP contribution in [0, 0.1) is 23.1 Å². The summed E-state index contributed by atoms with van der Waals surface area (Å²) in [5.74, 6) is 1.17. The van der Waals surface area contributed by atoms with Gasteiger partial charge in [-0.25, -0.2) is 4.39 Å². The second-order valence-electron chi connectivity index (χ2n) is 6.87. The number of rotatable bonds is 7. The van der Waals surface area contributed by atoms with Crippen LogP contribution in [-0.4, -0.2) is 13.1 Å². The molecule has 1 atom stereocenters. The van der Waals surface area contributed by atoms with Crippen LogP contribution >= 0.6 is 11.6 Å². The van der Waals surface area contributed by atoms with Crippen molar-refractivity contribution >= 4 is 11.6 Å². The Morgan fingerprint density at radius 3 is 2.65 bits per heavy atom. The summed E-state index contributed by atoms with van der Waals surface area (Å²) in [6, 6.07) is 4.77. The van der Waals surface area contributed by atoms with E-state index in [0.29, 0.717) is 10.9 Å². The van der Waals surface area contributed by atoms with E-state index in [1.54, 1.807) is 0 Å². The second-order valence-corrected chi connectivity index (χ2v) is 7.27. The highest BCUT2D eigenvalue weighted by Crippen LogP contribution is 2.47. The van der Waals surface area contributed by atoms with Gasteiger partial charge in [0.15, 0.2) is 0 Å². The van der Waals surface area contributed by atoms with E-state index in [2.05, 4.69) is 26.1 Å². The molecule has 0 bridgehead atoms. The van der Waals surface area contributed by atoms with Crippen LogP contribution < -0.4 is 5.32 Å². The summed E-state index contributed by atoms with van der Waals surface area (Å²) < 4.78 is 13.1. The number of halogens is 2. The van der Waals surface area contributed by atoms with Gasteiger partial charge in [0.25, 0.3) is 0 Å². The Morgan fingerprint density at radius 1 is 1.40 bits per heavy atom. The number of hydrogen-bond acceptors (Lipinski definition) is 1. The average Bonchev–Trinajstić information content (AvgIpc) is 3.17. The molecule has 3 heteroatoms. The van der Waals surface area contributed by atoms with Crippen LogP contribution in [0.2, 0.25) is 5.02 Å². The predicted octanol–water partition coefficient (Wildman–Crippen LogP) is 4.68. The molecule has 0 aliphatic heterocycles. The van der Waals surface area contributed by atoms with Crippen molar-refractivity contribution in [2.24, 2.45) is 17.3 Å². The molecule has 1 nitrogen and oxygen atoms in total. The predicted molar refractivity (Wildman–Crippen MR) is 83.7 cm³/mol. The van der Waals surface area contributed by atoms with E-state index in [1.165, 1.54) is 25.0 Å². The van der Waals surface area contributed by atoms with Crippen molar-refractivity contribution in [2.45, 2.75) is 40.0 Å². The summed E-state index contributed by atoms with van der Waals surface area (Å²) >= 11 is 6.18. The molecule has 1 saturated carbocycles. The second kappa shape index (κ2) is 6.44. The fraction of sp³-hybridized carbons (Fsp3) is 0.647. The topological polar surface area (TPSA) is 12.0 Å². The zero-order valence-electron chi connectivity index (χ0n) is 12.7. The lowest BCUT2D eigenvalue weighted by molar-refractivity contribution is 0.252. The van der Waals surface area contributed by atoms with Gasteiger partial charge < -0.3 is 5.32 Å². The lowest BCUT2D eigenvalue weighted by Crippen LogP contribution is -2.37. The monoisotopic (exact) mass is 297 g/mol. The fourth-order valence-corrected chi connectivity index (χ4v) is 3.11. The maximum absolute atomic E-state index is 13.1. The van der Waals surface area contributed by atoms with Crippen molar-refractivity contribution in [1.29, 1.82) is 0 Å². The van der Waals surface area contributed by atoms with Gasteiger partial charge in [0, 0.05) is 11.6 Å². The molecule has 20 heavy (non-hydrogen) atoms. The van der Waals surface area contributed by atoms with Gasteiger partial charge in [0.05, 0.1) is 0 Å². The minimum atomic E-state index is -0.259. The Kier molecular flexibility index (Phi) is 5.09.